The lowest BCUT2D eigenvalue weighted by Gasteiger charge is -2.27. The fourth-order valence-electron chi connectivity index (χ4n) is 9.43. The molecule has 0 radical (unpaired) electrons. The summed E-state index contributed by atoms with van der Waals surface area (Å²) in [7, 11) is 0. The first-order valence-electron chi connectivity index (χ1n) is 20.8. The van der Waals surface area contributed by atoms with Gasteiger partial charge in [-0.1, -0.05) is 164 Å². The maximum absolute atomic E-state index is 2.43. The second kappa shape index (κ2) is 14.5. The second-order valence-corrected chi connectivity index (χ2v) is 16.8. The lowest BCUT2D eigenvalue weighted by Crippen LogP contribution is -2.10. The molecule has 0 amide bonds. The van der Waals surface area contributed by atoms with E-state index in [1.807, 2.05) is 11.3 Å². The van der Waals surface area contributed by atoms with Crippen LogP contribution in [0, 0.1) is 0 Å². The fraction of sp³-hybridized carbons (Fsp3) is 0. The van der Waals surface area contributed by atoms with Gasteiger partial charge in [0.1, 0.15) is 0 Å². The Kier molecular flexibility index (Phi) is 8.39. The number of aromatic nitrogens is 1. The molecule has 2 nitrogen and oxygen atoms in total. The molecular formula is C58H38N2S. The quantitative estimate of drug-likeness (QED) is 0.156. The van der Waals surface area contributed by atoms with E-state index < -0.39 is 0 Å². The molecule has 0 aliphatic heterocycles. The lowest BCUT2D eigenvalue weighted by atomic mass is 9.91. The van der Waals surface area contributed by atoms with Crippen LogP contribution in [0.25, 0.3) is 91.8 Å². The summed E-state index contributed by atoms with van der Waals surface area (Å²) in [6.45, 7) is 0. The maximum Gasteiger partial charge on any atom is 0.0554 e. The third kappa shape index (κ3) is 5.93. The van der Waals surface area contributed by atoms with E-state index in [9.17, 15) is 0 Å². The van der Waals surface area contributed by atoms with E-state index in [-0.39, 0.29) is 0 Å². The Morgan fingerprint density at radius 1 is 0.344 bits per heavy atom. The molecule has 12 aromatic rings. The fourth-order valence-corrected chi connectivity index (χ4v) is 10.6. The maximum atomic E-state index is 2.43. The van der Waals surface area contributed by atoms with Crippen LogP contribution in [0.1, 0.15) is 0 Å². The standard InChI is InChI=1S/C58H38N2S/c1-2-14-40(15-3-1)47-23-11-16-42-17-12-24-48(57(42)47)41-32-36-45(37-33-41)59(54-27-13-29-56-58(54)51-22-6-9-28-55(51)61-56)44-34-30-39(31-35-44)43-18-10-19-46(38-43)60-52-25-7-4-20-49(52)50-21-5-8-26-53(50)60/h1-38H. The van der Waals surface area contributed by atoms with Gasteiger partial charge in [0.25, 0.3) is 0 Å². The highest BCUT2D eigenvalue weighted by atomic mass is 32.1. The van der Waals surface area contributed by atoms with Crippen molar-refractivity contribution in [2.24, 2.45) is 0 Å². The Morgan fingerprint density at radius 3 is 1.56 bits per heavy atom. The van der Waals surface area contributed by atoms with Gasteiger partial charge in [-0.15, -0.1) is 11.3 Å². The van der Waals surface area contributed by atoms with Crippen LogP contribution in [0.3, 0.4) is 0 Å². The molecule has 0 bridgehead atoms. The van der Waals surface area contributed by atoms with Gasteiger partial charge >= 0.3 is 0 Å². The third-order valence-corrected chi connectivity index (χ3v) is 13.3. The van der Waals surface area contributed by atoms with Crippen molar-refractivity contribution in [2.45, 2.75) is 0 Å². The van der Waals surface area contributed by atoms with E-state index in [2.05, 4.69) is 240 Å². The monoisotopic (exact) mass is 794 g/mol. The number of hydrogen-bond acceptors (Lipinski definition) is 2. The molecule has 2 aromatic heterocycles. The number of thiophene rings is 1. The van der Waals surface area contributed by atoms with E-state index in [1.165, 1.54) is 91.8 Å². The van der Waals surface area contributed by atoms with Crippen molar-refractivity contribution in [1.82, 2.24) is 4.57 Å². The Morgan fingerprint density at radius 2 is 0.869 bits per heavy atom. The van der Waals surface area contributed by atoms with Crippen molar-refractivity contribution in [3.8, 4) is 39.1 Å². The number of nitrogens with zero attached hydrogens (tertiary/aromatic N) is 2. The van der Waals surface area contributed by atoms with Gasteiger partial charge in [0, 0.05) is 48.0 Å². The van der Waals surface area contributed by atoms with Crippen molar-refractivity contribution < 1.29 is 0 Å². The highest BCUT2D eigenvalue weighted by molar-refractivity contribution is 7.26. The predicted molar refractivity (Wildman–Crippen MR) is 262 cm³/mol. The van der Waals surface area contributed by atoms with Crippen LogP contribution in [0.4, 0.5) is 17.1 Å². The molecule has 0 saturated carbocycles. The summed E-state index contributed by atoms with van der Waals surface area (Å²) in [6, 6.07) is 84.1. The van der Waals surface area contributed by atoms with Gasteiger partial charge < -0.3 is 9.47 Å². The first-order chi connectivity index (χ1) is 30.3. The number of fused-ring (bicyclic) bond motifs is 7. The summed E-state index contributed by atoms with van der Waals surface area (Å²) >= 11 is 1.86. The van der Waals surface area contributed by atoms with Crippen LogP contribution in [-0.4, -0.2) is 4.57 Å². The van der Waals surface area contributed by atoms with E-state index in [0.29, 0.717) is 0 Å². The van der Waals surface area contributed by atoms with Crippen LogP contribution in [0.15, 0.2) is 231 Å². The van der Waals surface area contributed by atoms with Crippen molar-refractivity contribution in [2.75, 3.05) is 4.90 Å². The second-order valence-electron chi connectivity index (χ2n) is 15.7. The van der Waals surface area contributed by atoms with E-state index in [0.717, 1.165) is 17.1 Å². The minimum Gasteiger partial charge on any atom is -0.310 e. The molecule has 0 saturated heterocycles. The largest absolute Gasteiger partial charge is 0.310 e. The Hall–Kier alpha value is -7.72. The highest BCUT2D eigenvalue weighted by Crippen LogP contribution is 2.46. The van der Waals surface area contributed by atoms with Crippen LogP contribution in [0.5, 0.6) is 0 Å². The third-order valence-electron chi connectivity index (χ3n) is 12.2. The highest BCUT2D eigenvalue weighted by Gasteiger charge is 2.20. The van der Waals surface area contributed by atoms with Crippen molar-refractivity contribution in [3.05, 3.63) is 231 Å². The van der Waals surface area contributed by atoms with Gasteiger partial charge in [-0.25, -0.2) is 0 Å². The van der Waals surface area contributed by atoms with E-state index in [4.69, 9.17) is 0 Å². The average Bonchev–Trinajstić information content (AvgIpc) is 3.89. The smallest absolute Gasteiger partial charge is 0.0554 e. The van der Waals surface area contributed by atoms with E-state index in [1.54, 1.807) is 0 Å². The molecule has 0 fully saturated rings. The summed E-state index contributed by atoms with van der Waals surface area (Å²) in [6.07, 6.45) is 0. The molecule has 12 rings (SSSR count). The van der Waals surface area contributed by atoms with Gasteiger partial charge in [0.15, 0.2) is 0 Å². The van der Waals surface area contributed by atoms with Crippen LogP contribution in [0.2, 0.25) is 0 Å². The van der Waals surface area contributed by atoms with Gasteiger partial charge in [-0.05, 0) is 111 Å². The normalized spacial score (nSPS) is 11.6. The van der Waals surface area contributed by atoms with Crippen LogP contribution < -0.4 is 4.90 Å². The zero-order valence-corrected chi connectivity index (χ0v) is 34.1. The van der Waals surface area contributed by atoms with Crippen molar-refractivity contribution >= 4 is 81.1 Å². The summed E-state index contributed by atoms with van der Waals surface area (Å²) < 4.78 is 4.97. The zero-order chi connectivity index (χ0) is 40.3. The minimum atomic E-state index is 1.11. The molecule has 3 heteroatoms. The summed E-state index contributed by atoms with van der Waals surface area (Å²) in [5, 5.41) is 7.60. The predicted octanol–water partition coefficient (Wildman–Crippen LogP) is 16.8. The van der Waals surface area contributed by atoms with Crippen molar-refractivity contribution in [3.63, 3.8) is 0 Å². The number of anilines is 3. The van der Waals surface area contributed by atoms with Crippen LogP contribution >= 0.6 is 11.3 Å². The number of para-hydroxylation sites is 2. The van der Waals surface area contributed by atoms with Gasteiger partial charge in [-0.2, -0.15) is 0 Å². The van der Waals surface area contributed by atoms with E-state index >= 15 is 0 Å². The number of rotatable bonds is 7. The molecule has 286 valence electrons. The summed E-state index contributed by atoms with van der Waals surface area (Å²) in [5.41, 5.74) is 14.2. The lowest BCUT2D eigenvalue weighted by molar-refractivity contribution is 1.18. The molecule has 0 spiro atoms. The molecule has 0 aliphatic carbocycles. The van der Waals surface area contributed by atoms with Gasteiger partial charge in [-0.3, -0.25) is 0 Å². The molecule has 0 aliphatic rings. The SMILES string of the molecule is c1ccc(-c2cccc3cccc(-c4ccc(N(c5ccc(-c6cccc(-n7c8ccccc8c8ccccc87)c6)cc5)c5cccc6sc7ccccc7c56)cc4)c23)cc1. The molecule has 0 atom stereocenters. The molecule has 2 heterocycles. The first-order valence-corrected chi connectivity index (χ1v) is 21.7. The number of benzene rings is 10. The van der Waals surface area contributed by atoms with Gasteiger partial charge in [0.05, 0.1) is 16.7 Å². The van der Waals surface area contributed by atoms with Crippen LogP contribution in [-0.2, 0) is 0 Å². The molecule has 0 unspecified atom stereocenters. The zero-order valence-electron chi connectivity index (χ0n) is 33.2. The Bertz CT molecular complexity index is 3520. The number of hydrogen-bond donors (Lipinski definition) is 0. The molecular weight excluding hydrogens is 757 g/mol. The van der Waals surface area contributed by atoms with Gasteiger partial charge in [0.2, 0.25) is 0 Å². The summed E-state index contributed by atoms with van der Waals surface area (Å²) in [4.78, 5) is 2.43. The Labute approximate surface area is 358 Å². The molecule has 10 aromatic carbocycles. The Balaban J connectivity index is 0.977. The summed E-state index contributed by atoms with van der Waals surface area (Å²) in [5.74, 6) is 0. The topological polar surface area (TPSA) is 8.17 Å². The first kappa shape index (κ1) is 35.2. The molecule has 61 heavy (non-hydrogen) atoms. The molecule has 0 N–H and O–H groups in total. The average molecular weight is 795 g/mol. The van der Waals surface area contributed by atoms with Crippen molar-refractivity contribution in [1.29, 1.82) is 0 Å². The minimum absolute atomic E-state index is 1.11.